The van der Waals surface area contributed by atoms with Crippen LogP contribution in [0.15, 0.2) is 0 Å². The lowest BCUT2D eigenvalue weighted by molar-refractivity contribution is -0.123. The van der Waals surface area contributed by atoms with E-state index in [0.29, 0.717) is 19.5 Å². The summed E-state index contributed by atoms with van der Waals surface area (Å²) in [5, 5.41) is 15.5. The molecule has 1 heterocycles. The van der Waals surface area contributed by atoms with E-state index in [4.69, 9.17) is 0 Å². The summed E-state index contributed by atoms with van der Waals surface area (Å²) in [6, 6.07) is 0. The Morgan fingerprint density at radius 1 is 1.47 bits per heavy atom. The molecule has 0 bridgehead atoms. The molecular weight excluding hydrogens is 192 g/mol. The lowest BCUT2D eigenvalue weighted by Crippen LogP contribution is -2.35. The average Bonchev–Trinajstić information content (AvgIpc) is 2.44. The molecular formula is C11H22N2O2. The number of aliphatic hydroxyl groups excluding tert-OH is 1. The van der Waals surface area contributed by atoms with Gasteiger partial charge in [-0.25, -0.2) is 0 Å². The van der Waals surface area contributed by atoms with Crippen molar-refractivity contribution in [3.05, 3.63) is 0 Å². The van der Waals surface area contributed by atoms with Gasteiger partial charge in [-0.15, -0.1) is 0 Å². The lowest BCUT2D eigenvalue weighted by Gasteiger charge is -2.19. The number of carbonyl (C=O) groups is 1. The highest BCUT2D eigenvalue weighted by molar-refractivity contribution is 5.76. The Morgan fingerprint density at radius 3 is 2.60 bits per heavy atom. The highest BCUT2D eigenvalue weighted by Crippen LogP contribution is 2.18. The zero-order chi connectivity index (χ0) is 11.5. The van der Waals surface area contributed by atoms with E-state index in [2.05, 4.69) is 10.6 Å². The first-order valence-corrected chi connectivity index (χ1v) is 5.54. The van der Waals surface area contributed by atoms with Crippen molar-refractivity contribution >= 4 is 5.91 Å². The van der Waals surface area contributed by atoms with Crippen molar-refractivity contribution in [1.29, 1.82) is 0 Å². The predicted octanol–water partition coefficient (Wildman–Crippen LogP) is 0.119. The second kappa shape index (κ2) is 4.94. The van der Waals surface area contributed by atoms with E-state index in [0.717, 1.165) is 6.54 Å². The van der Waals surface area contributed by atoms with Crippen LogP contribution >= 0.6 is 0 Å². The molecule has 0 radical (unpaired) electrons. The third kappa shape index (κ3) is 4.62. The quantitative estimate of drug-likeness (QED) is 0.625. The molecule has 1 rings (SSSR count). The van der Waals surface area contributed by atoms with Gasteiger partial charge in [-0.3, -0.25) is 4.79 Å². The summed E-state index contributed by atoms with van der Waals surface area (Å²) in [6.45, 7) is 8.12. The second-order valence-corrected chi connectivity index (χ2v) is 5.53. The van der Waals surface area contributed by atoms with E-state index in [1.54, 1.807) is 0 Å². The van der Waals surface area contributed by atoms with Gasteiger partial charge in [-0.1, -0.05) is 20.8 Å². The molecule has 1 fully saturated rings. The molecule has 2 unspecified atom stereocenters. The van der Waals surface area contributed by atoms with Crippen LogP contribution in [-0.4, -0.2) is 36.8 Å². The van der Waals surface area contributed by atoms with Crippen LogP contribution in [0.2, 0.25) is 0 Å². The van der Waals surface area contributed by atoms with Crippen LogP contribution in [0.25, 0.3) is 0 Å². The fourth-order valence-corrected chi connectivity index (χ4v) is 1.72. The van der Waals surface area contributed by atoms with E-state index in [9.17, 15) is 9.90 Å². The van der Waals surface area contributed by atoms with Crippen molar-refractivity contribution in [2.24, 2.45) is 11.3 Å². The van der Waals surface area contributed by atoms with Crippen molar-refractivity contribution in [1.82, 2.24) is 10.6 Å². The maximum atomic E-state index is 11.5. The van der Waals surface area contributed by atoms with Crippen molar-refractivity contribution < 1.29 is 9.90 Å². The number of amides is 1. The zero-order valence-electron chi connectivity index (χ0n) is 9.84. The molecule has 1 aliphatic heterocycles. The molecule has 4 heteroatoms. The number of rotatable bonds is 3. The number of β-amino-alcohol motifs (C(OH)–C–C–N with tert-alkyl or cyclic N) is 1. The monoisotopic (exact) mass is 214 g/mol. The molecule has 0 spiro atoms. The average molecular weight is 214 g/mol. The fraction of sp³-hybridized carbons (Fsp3) is 0.909. The summed E-state index contributed by atoms with van der Waals surface area (Å²) in [4.78, 5) is 11.5. The molecule has 3 N–H and O–H groups in total. The minimum Gasteiger partial charge on any atom is -0.391 e. The van der Waals surface area contributed by atoms with Crippen molar-refractivity contribution in [3.8, 4) is 0 Å². The van der Waals surface area contributed by atoms with E-state index < -0.39 is 0 Å². The Morgan fingerprint density at radius 2 is 2.13 bits per heavy atom. The summed E-state index contributed by atoms with van der Waals surface area (Å²) in [6.07, 6.45) is 0.211. The van der Waals surface area contributed by atoms with E-state index in [1.165, 1.54) is 0 Å². The van der Waals surface area contributed by atoms with Gasteiger partial charge >= 0.3 is 0 Å². The van der Waals surface area contributed by atoms with Crippen molar-refractivity contribution in [3.63, 3.8) is 0 Å². The van der Waals surface area contributed by atoms with Gasteiger partial charge in [-0.2, -0.15) is 0 Å². The first kappa shape index (κ1) is 12.5. The van der Waals surface area contributed by atoms with Crippen LogP contribution < -0.4 is 10.6 Å². The molecule has 0 aromatic carbocycles. The smallest absolute Gasteiger partial charge is 0.220 e. The number of hydrogen-bond donors (Lipinski definition) is 3. The SMILES string of the molecule is CC(C)(C)CC(=O)NCC1CNCC1O. The number of aliphatic hydroxyl groups is 1. The summed E-state index contributed by atoms with van der Waals surface area (Å²) >= 11 is 0. The molecule has 0 aliphatic carbocycles. The first-order valence-electron chi connectivity index (χ1n) is 5.54. The highest BCUT2D eigenvalue weighted by atomic mass is 16.3. The number of nitrogens with one attached hydrogen (secondary N) is 2. The van der Waals surface area contributed by atoms with Crippen LogP contribution in [0, 0.1) is 11.3 Å². The molecule has 1 amide bonds. The molecule has 15 heavy (non-hydrogen) atoms. The molecule has 0 saturated carbocycles. The van der Waals surface area contributed by atoms with E-state index in [-0.39, 0.29) is 23.3 Å². The third-order valence-electron chi connectivity index (χ3n) is 2.56. The van der Waals surface area contributed by atoms with Crippen LogP contribution in [0.4, 0.5) is 0 Å². The van der Waals surface area contributed by atoms with Gasteiger partial charge in [0.2, 0.25) is 5.91 Å². The van der Waals surface area contributed by atoms with Gasteiger partial charge < -0.3 is 15.7 Å². The van der Waals surface area contributed by atoms with Crippen LogP contribution in [0.1, 0.15) is 27.2 Å². The Balaban J connectivity index is 2.22. The number of hydrogen-bond acceptors (Lipinski definition) is 3. The van der Waals surface area contributed by atoms with Crippen LogP contribution in [0.5, 0.6) is 0 Å². The Bertz CT molecular complexity index is 223. The van der Waals surface area contributed by atoms with Crippen molar-refractivity contribution in [2.75, 3.05) is 19.6 Å². The van der Waals surface area contributed by atoms with Gasteiger partial charge in [0, 0.05) is 32.0 Å². The van der Waals surface area contributed by atoms with Gasteiger partial charge in [0.15, 0.2) is 0 Å². The summed E-state index contributed by atoms with van der Waals surface area (Å²) in [5.41, 5.74) is 0.0244. The summed E-state index contributed by atoms with van der Waals surface area (Å²) in [7, 11) is 0. The fourth-order valence-electron chi connectivity index (χ4n) is 1.72. The molecule has 0 aromatic heterocycles. The number of carbonyl (C=O) groups excluding carboxylic acids is 1. The molecule has 2 atom stereocenters. The standard InChI is InChI=1S/C11H22N2O2/c1-11(2,3)4-10(15)13-6-8-5-12-7-9(8)14/h8-9,12,14H,4-7H2,1-3H3,(H,13,15). The lowest BCUT2D eigenvalue weighted by atomic mass is 9.92. The zero-order valence-corrected chi connectivity index (χ0v) is 9.84. The van der Waals surface area contributed by atoms with E-state index in [1.807, 2.05) is 20.8 Å². The first-order chi connectivity index (χ1) is 6.88. The second-order valence-electron chi connectivity index (χ2n) is 5.53. The molecule has 1 aliphatic rings. The van der Waals surface area contributed by atoms with Gasteiger partial charge in [0.1, 0.15) is 0 Å². The molecule has 1 saturated heterocycles. The molecule has 88 valence electrons. The minimum atomic E-state index is -0.320. The Labute approximate surface area is 91.4 Å². The Kier molecular flexibility index (Phi) is 4.11. The minimum absolute atomic E-state index is 0.0244. The predicted molar refractivity (Wildman–Crippen MR) is 59.4 cm³/mol. The maximum absolute atomic E-state index is 11.5. The summed E-state index contributed by atoms with van der Waals surface area (Å²) < 4.78 is 0. The topological polar surface area (TPSA) is 61.4 Å². The van der Waals surface area contributed by atoms with Gasteiger partial charge in [0.05, 0.1) is 6.10 Å². The Hall–Kier alpha value is -0.610. The van der Waals surface area contributed by atoms with E-state index >= 15 is 0 Å². The van der Waals surface area contributed by atoms with Crippen LogP contribution in [0.3, 0.4) is 0 Å². The molecule has 4 nitrogen and oxygen atoms in total. The van der Waals surface area contributed by atoms with Crippen molar-refractivity contribution in [2.45, 2.75) is 33.3 Å². The normalized spacial score (nSPS) is 26.7. The molecule has 0 aromatic rings. The van der Waals surface area contributed by atoms with Crippen LogP contribution in [-0.2, 0) is 4.79 Å². The summed E-state index contributed by atoms with van der Waals surface area (Å²) in [5.74, 6) is 0.232. The maximum Gasteiger partial charge on any atom is 0.220 e. The third-order valence-corrected chi connectivity index (χ3v) is 2.56. The highest BCUT2D eigenvalue weighted by Gasteiger charge is 2.25. The van der Waals surface area contributed by atoms with Gasteiger partial charge in [-0.05, 0) is 5.41 Å². The largest absolute Gasteiger partial charge is 0.391 e. The van der Waals surface area contributed by atoms with Gasteiger partial charge in [0.25, 0.3) is 0 Å².